The van der Waals surface area contributed by atoms with Crippen LogP contribution in [0, 0.1) is 29.0 Å². The number of amides is 1. The lowest BCUT2D eigenvalue weighted by atomic mass is 9.83. The molecule has 4 aliphatic heterocycles. The number of hydrogen-bond donors (Lipinski definition) is 5. The Morgan fingerprint density at radius 2 is 1.65 bits per heavy atom. The van der Waals surface area contributed by atoms with Gasteiger partial charge in [0.1, 0.15) is 41.9 Å². The monoisotopic (exact) mass is 1110 g/mol. The number of halogens is 1. The van der Waals surface area contributed by atoms with Crippen LogP contribution < -0.4 is 4.90 Å². The Hall–Kier alpha value is -4.74. The average Bonchev–Trinajstić information content (AvgIpc) is 4.02. The number of carbonyl (C=O) groups excluding carboxylic acids is 2. The Kier molecular flexibility index (Phi) is 20.0. The van der Waals surface area contributed by atoms with E-state index < -0.39 is 120 Å². The highest BCUT2D eigenvalue weighted by atomic mass is 19.1. The first-order chi connectivity index (χ1) is 37.2. The second-order valence-corrected chi connectivity index (χ2v) is 23.4. The van der Waals surface area contributed by atoms with Gasteiger partial charge < -0.3 is 68.5 Å². The van der Waals surface area contributed by atoms with Gasteiger partial charge in [-0.1, -0.05) is 31.2 Å². The van der Waals surface area contributed by atoms with Crippen molar-refractivity contribution >= 4 is 17.7 Å². The van der Waals surface area contributed by atoms with Crippen molar-refractivity contribution in [3.05, 3.63) is 65.7 Å². The van der Waals surface area contributed by atoms with Crippen molar-refractivity contribution in [1.29, 1.82) is 5.26 Å². The SMILES string of the molecule is CC[C@H]1OC(=O)[C@H](C)[C@@H](O[C@H]2C[C@@](C)(OC)[C@@H](O)[C@H](C)O2)C[C@@H](O[C@@H]2O[C@H](C)C[C@H](N(C)CCc3cn(C[C@H]4CN(c5ccc(-c6ccc(C#N)cc6)c(F)c5)C(=O)O4)nn3)[C@H]2O)[C@](C)(O)C[C@@H](C)CN(C)[C@H](C)[C@@H](O)[C@]1(C)O. The zero-order chi connectivity index (χ0) is 57.9. The largest absolute Gasteiger partial charge is 0.459 e. The van der Waals surface area contributed by atoms with Gasteiger partial charge in [-0.2, -0.15) is 5.26 Å². The van der Waals surface area contributed by atoms with Gasteiger partial charge in [-0.25, -0.2) is 13.9 Å². The maximum atomic E-state index is 15.4. The third kappa shape index (κ3) is 14.3. The summed E-state index contributed by atoms with van der Waals surface area (Å²) in [4.78, 5) is 32.7. The molecule has 79 heavy (non-hydrogen) atoms. The van der Waals surface area contributed by atoms with Gasteiger partial charge in [0, 0.05) is 63.3 Å². The summed E-state index contributed by atoms with van der Waals surface area (Å²) in [6.45, 7) is 16.7. The van der Waals surface area contributed by atoms with Crippen LogP contribution in [0.15, 0.2) is 48.7 Å². The first kappa shape index (κ1) is 61.9. The number of ether oxygens (including phenoxy) is 7. The zero-order valence-electron chi connectivity index (χ0n) is 47.8. The number of anilines is 1. The number of aromatic nitrogens is 3. The van der Waals surface area contributed by atoms with Crippen LogP contribution in [0.5, 0.6) is 0 Å². The molecule has 1 aromatic heterocycles. The number of benzene rings is 2. The summed E-state index contributed by atoms with van der Waals surface area (Å²) in [5.74, 6) is -2.55. The molecule has 1 amide bonds. The normalized spacial score (nSPS) is 37.5. The molecule has 0 bridgehead atoms. The van der Waals surface area contributed by atoms with Crippen molar-refractivity contribution in [3.63, 3.8) is 0 Å². The maximum absolute atomic E-state index is 15.4. The van der Waals surface area contributed by atoms with Crippen molar-refractivity contribution in [2.24, 2.45) is 11.8 Å². The van der Waals surface area contributed by atoms with Gasteiger partial charge in [0.25, 0.3) is 0 Å². The Labute approximate surface area is 463 Å². The van der Waals surface area contributed by atoms with Crippen LogP contribution in [0.2, 0.25) is 0 Å². The molecule has 0 spiro atoms. The number of aliphatic hydroxyl groups excluding tert-OH is 3. The van der Waals surface area contributed by atoms with Gasteiger partial charge in [-0.05, 0) is 124 Å². The molecular formula is C57H84FN7O14. The van der Waals surface area contributed by atoms with E-state index in [-0.39, 0.29) is 44.7 Å². The molecule has 4 aliphatic rings. The minimum Gasteiger partial charge on any atom is -0.459 e. The van der Waals surface area contributed by atoms with Gasteiger partial charge >= 0.3 is 12.1 Å². The third-order valence-electron chi connectivity index (χ3n) is 16.9. The summed E-state index contributed by atoms with van der Waals surface area (Å²) >= 11 is 0. The van der Waals surface area contributed by atoms with Crippen LogP contribution in [0.3, 0.4) is 0 Å². The lowest BCUT2D eigenvalue weighted by Gasteiger charge is -2.47. The fourth-order valence-electron chi connectivity index (χ4n) is 11.7. The van der Waals surface area contributed by atoms with E-state index in [2.05, 4.69) is 10.3 Å². The van der Waals surface area contributed by atoms with Crippen LogP contribution >= 0.6 is 0 Å². The molecule has 438 valence electrons. The molecule has 2 aromatic carbocycles. The van der Waals surface area contributed by atoms with E-state index >= 15 is 4.39 Å². The Morgan fingerprint density at radius 1 is 0.937 bits per heavy atom. The van der Waals surface area contributed by atoms with E-state index in [9.17, 15) is 35.1 Å². The smallest absolute Gasteiger partial charge is 0.414 e. The van der Waals surface area contributed by atoms with Crippen LogP contribution in [-0.4, -0.2) is 200 Å². The Bertz CT molecular complexity index is 2570. The number of likely N-dealkylation sites (N-methyl/N-ethyl adjacent to an activating group) is 2. The minimum absolute atomic E-state index is 0.0823. The summed E-state index contributed by atoms with van der Waals surface area (Å²) < 4.78 is 60.5. The van der Waals surface area contributed by atoms with Gasteiger partial charge in [-0.15, -0.1) is 5.10 Å². The van der Waals surface area contributed by atoms with Crippen molar-refractivity contribution in [3.8, 4) is 17.2 Å². The molecule has 5 heterocycles. The predicted octanol–water partition coefficient (Wildman–Crippen LogP) is 4.56. The fraction of sp³-hybridized carbons (Fsp3) is 0.702. The number of esters is 1. The number of cyclic esters (lactones) is 2. The van der Waals surface area contributed by atoms with Gasteiger partial charge in [0.15, 0.2) is 12.6 Å². The molecule has 18 atom stereocenters. The van der Waals surface area contributed by atoms with E-state index in [0.29, 0.717) is 54.0 Å². The number of nitrogens with zero attached hydrogens (tertiary/aromatic N) is 7. The summed E-state index contributed by atoms with van der Waals surface area (Å²) in [5.41, 5.74) is -2.20. The van der Waals surface area contributed by atoms with Crippen LogP contribution in [0.4, 0.5) is 14.9 Å². The molecule has 0 unspecified atom stereocenters. The summed E-state index contributed by atoms with van der Waals surface area (Å²) in [7, 11) is 5.18. The quantitative estimate of drug-likeness (QED) is 0.139. The molecule has 3 aromatic rings. The second kappa shape index (κ2) is 25.6. The lowest BCUT2D eigenvalue weighted by Crippen LogP contribution is -2.59. The van der Waals surface area contributed by atoms with E-state index in [0.717, 1.165) is 0 Å². The van der Waals surface area contributed by atoms with Crippen LogP contribution in [0.25, 0.3) is 11.1 Å². The van der Waals surface area contributed by atoms with E-state index in [1.807, 2.05) is 43.8 Å². The average molecular weight is 1110 g/mol. The number of hydrogen-bond acceptors (Lipinski definition) is 19. The fourth-order valence-corrected chi connectivity index (χ4v) is 11.7. The molecule has 0 saturated carbocycles. The predicted molar refractivity (Wildman–Crippen MR) is 286 cm³/mol. The number of rotatable bonds is 14. The van der Waals surface area contributed by atoms with Crippen molar-refractivity contribution < 1.29 is 72.7 Å². The molecule has 4 saturated heterocycles. The topological polar surface area (TPSA) is 264 Å². The summed E-state index contributed by atoms with van der Waals surface area (Å²) in [5, 5.41) is 77.3. The van der Waals surface area contributed by atoms with E-state index in [1.54, 1.807) is 88.8 Å². The van der Waals surface area contributed by atoms with Gasteiger partial charge in [-0.3, -0.25) is 9.69 Å². The highest BCUT2D eigenvalue weighted by Crippen LogP contribution is 2.39. The van der Waals surface area contributed by atoms with Crippen LogP contribution in [0.1, 0.15) is 106 Å². The van der Waals surface area contributed by atoms with Crippen LogP contribution in [-0.2, 0) is 50.9 Å². The van der Waals surface area contributed by atoms with Gasteiger partial charge in [0.2, 0.25) is 0 Å². The highest BCUT2D eigenvalue weighted by Gasteiger charge is 2.51. The van der Waals surface area contributed by atoms with E-state index in [4.69, 9.17) is 38.4 Å². The number of carbonyl (C=O) groups is 2. The first-order valence-corrected chi connectivity index (χ1v) is 27.6. The Balaban J connectivity index is 1.05. The molecule has 21 nitrogen and oxygen atoms in total. The molecule has 0 aliphatic carbocycles. The molecule has 4 fully saturated rings. The number of methoxy groups -OCH3 is 1. The van der Waals surface area contributed by atoms with Gasteiger partial charge in [0.05, 0.1) is 77.6 Å². The summed E-state index contributed by atoms with van der Waals surface area (Å²) in [6, 6.07) is 12.1. The van der Waals surface area contributed by atoms with Crippen molar-refractivity contribution in [2.75, 3.05) is 45.7 Å². The minimum atomic E-state index is -1.85. The first-order valence-electron chi connectivity index (χ1n) is 27.6. The zero-order valence-corrected chi connectivity index (χ0v) is 47.8. The second-order valence-electron chi connectivity index (χ2n) is 23.4. The van der Waals surface area contributed by atoms with Crippen molar-refractivity contribution in [1.82, 2.24) is 24.8 Å². The molecule has 0 radical (unpaired) electrons. The number of nitriles is 1. The molecule has 7 rings (SSSR count). The third-order valence-corrected chi connectivity index (χ3v) is 16.9. The standard InChI is InChI=1S/C57H84FN7O14/c1-13-46-57(9,72)50(67)35(5)63(11)28-32(2)25-55(7,71)47(24-45(34(4)52(69)78-46)77-48-26-56(8,73-12)51(68)36(6)75-48)79-53-49(66)44(22-33(3)74-53)62(10)21-20-39-29-64(61-60-39)30-41-31-65(54(70)76-41)40-18-19-42(43(58)23-40)38-16-14-37(27-59)15-17-38/h14-19,23,29,32-36,41,44-51,53,66-68,71-72H,13,20-22,24-26,28,30-31H2,1-12H3/t32-,33-,34-,35-,36+,41+,44+,45+,46-,47-,48+,49-,50-,51+,53+,55-,56-,57-/m1/s1. The summed E-state index contributed by atoms with van der Waals surface area (Å²) in [6.07, 6.45) is -8.56. The highest BCUT2D eigenvalue weighted by molar-refractivity contribution is 5.90. The van der Waals surface area contributed by atoms with E-state index in [1.165, 1.54) is 25.0 Å². The molecule has 22 heteroatoms. The Morgan fingerprint density at radius 3 is 2.30 bits per heavy atom. The molecular weight excluding hydrogens is 1030 g/mol. The maximum Gasteiger partial charge on any atom is 0.414 e. The number of aliphatic hydroxyl groups is 5. The lowest BCUT2D eigenvalue weighted by molar-refractivity contribution is -0.308. The molecule has 5 N–H and O–H groups in total. The van der Waals surface area contributed by atoms with Crippen molar-refractivity contribution in [2.45, 2.75) is 204 Å².